The second-order valence-corrected chi connectivity index (χ2v) is 6.50. The van der Waals surface area contributed by atoms with E-state index in [1.54, 1.807) is 0 Å². The molecule has 148 valence electrons. The van der Waals surface area contributed by atoms with Crippen LogP contribution in [0.4, 0.5) is 0 Å². The molecule has 0 spiro atoms. The summed E-state index contributed by atoms with van der Waals surface area (Å²) in [7, 11) is 3.39. The smallest absolute Gasteiger partial charge is 0.305 e. The van der Waals surface area contributed by atoms with Gasteiger partial charge in [-0.2, -0.15) is 5.10 Å². The van der Waals surface area contributed by atoms with Crippen LogP contribution in [-0.4, -0.2) is 59.9 Å². The van der Waals surface area contributed by atoms with E-state index in [0.29, 0.717) is 12.3 Å². The number of carbonyl (C=O) groups excluding carboxylic acids is 1. The topological polar surface area (TPSA) is 71.8 Å². The third kappa shape index (κ3) is 7.13. The Hall–Kier alpha value is -1.32. The van der Waals surface area contributed by atoms with Gasteiger partial charge in [-0.3, -0.25) is 14.5 Å². The lowest BCUT2D eigenvalue weighted by Gasteiger charge is -2.21. The Morgan fingerprint density at radius 3 is 2.88 bits per heavy atom. The normalized spacial score (nSPS) is 17.1. The second-order valence-electron chi connectivity index (χ2n) is 6.50. The number of unbranched alkanes of at least 4 members (excludes halogenated alkanes) is 2. The fraction of sp³-hybridized carbons (Fsp3) is 0.722. The van der Waals surface area contributed by atoms with Crippen molar-refractivity contribution < 1.29 is 9.53 Å². The standard InChI is InChI=1S/C18H31N5O2.HI/c1-4-19-18(20-10-7-5-6-8-17(24)25-3)23-11-9-15(14-23)16-12-21-22(2)13-16;/h12-13,15H,4-11,14H2,1-3H3,(H,19,20);1H. The Morgan fingerprint density at radius 1 is 1.42 bits per heavy atom. The average molecular weight is 477 g/mol. The summed E-state index contributed by atoms with van der Waals surface area (Å²) >= 11 is 0. The molecule has 7 nitrogen and oxygen atoms in total. The van der Waals surface area contributed by atoms with Crippen molar-refractivity contribution in [2.45, 2.75) is 44.9 Å². The minimum absolute atomic E-state index is 0. The van der Waals surface area contributed by atoms with E-state index in [1.165, 1.54) is 12.7 Å². The number of carbonyl (C=O) groups is 1. The van der Waals surface area contributed by atoms with Gasteiger partial charge in [0.15, 0.2) is 5.96 Å². The van der Waals surface area contributed by atoms with Gasteiger partial charge in [0.05, 0.1) is 13.3 Å². The van der Waals surface area contributed by atoms with Crippen molar-refractivity contribution in [3.63, 3.8) is 0 Å². The van der Waals surface area contributed by atoms with E-state index in [2.05, 4.69) is 33.2 Å². The molecule has 0 saturated carbocycles. The lowest BCUT2D eigenvalue weighted by Crippen LogP contribution is -2.40. The number of ether oxygens (including phenoxy) is 1. The predicted molar refractivity (Wildman–Crippen MR) is 114 cm³/mol. The van der Waals surface area contributed by atoms with Crippen molar-refractivity contribution in [2.75, 3.05) is 33.3 Å². The quantitative estimate of drug-likeness (QED) is 0.205. The Labute approximate surface area is 173 Å². The average Bonchev–Trinajstić information content (AvgIpc) is 3.25. The Morgan fingerprint density at radius 2 is 2.23 bits per heavy atom. The van der Waals surface area contributed by atoms with Crippen LogP contribution in [0.2, 0.25) is 0 Å². The van der Waals surface area contributed by atoms with Gasteiger partial charge in [-0.15, -0.1) is 24.0 Å². The lowest BCUT2D eigenvalue weighted by molar-refractivity contribution is -0.140. The molecule has 1 aromatic heterocycles. The Kier molecular flexibility index (Phi) is 10.6. The first-order valence-electron chi connectivity index (χ1n) is 9.22. The maximum Gasteiger partial charge on any atom is 0.305 e. The number of likely N-dealkylation sites (tertiary alicyclic amines) is 1. The number of aromatic nitrogens is 2. The molecule has 2 rings (SSSR count). The molecule has 0 radical (unpaired) electrons. The zero-order chi connectivity index (χ0) is 18.1. The number of aliphatic imine (C=N–C) groups is 1. The molecular weight excluding hydrogens is 445 g/mol. The molecule has 26 heavy (non-hydrogen) atoms. The van der Waals surface area contributed by atoms with E-state index in [-0.39, 0.29) is 29.9 Å². The number of hydrogen-bond donors (Lipinski definition) is 1. The maximum atomic E-state index is 11.1. The molecule has 8 heteroatoms. The molecular formula is C18H32IN5O2. The van der Waals surface area contributed by atoms with Crippen LogP contribution in [-0.2, 0) is 16.6 Å². The molecule has 1 aromatic rings. The monoisotopic (exact) mass is 477 g/mol. The van der Waals surface area contributed by atoms with Gasteiger partial charge < -0.3 is 15.0 Å². The van der Waals surface area contributed by atoms with Crippen molar-refractivity contribution in [3.05, 3.63) is 18.0 Å². The predicted octanol–water partition coefficient (Wildman–Crippen LogP) is 2.53. The Bertz CT molecular complexity index is 576. The number of nitrogens with one attached hydrogen (secondary N) is 1. The highest BCUT2D eigenvalue weighted by Crippen LogP contribution is 2.26. The molecule has 0 aromatic carbocycles. The van der Waals surface area contributed by atoms with Gasteiger partial charge in [0, 0.05) is 51.8 Å². The molecule has 1 fully saturated rings. The van der Waals surface area contributed by atoms with Gasteiger partial charge in [0.25, 0.3) is 0 Å². The van der Waals surface area contributed by atoms with E-state index in [0.717, 1.165) is 57.8 Å². The molecule has 2 heterocycles. The summed E-state index contributed by atoms with van der Waals surface area (Å²) in [6.45, 7) is 5.76. The van der Waals surface area contributed by atoms with Crippen LogP contribution < -0.4 is 5.32 Å². The Balaban J connectivity index is 0.00000338. The van der Waals surface area contributed by atoms with Crippen LogP contribution in [0, 0.1) is 0 Å². The second kappa shape index (κ2) is 12.1. The first-order chi connectivity index (χ1) is 12.1. The number of nitrogens with zero attached hydrogens (tertiary/aromatic N) is 4. The molecule has 0 amide bonds. The summed E-state index contributed by atoms with van der Waals surface area (Å²) in [4.78, 5) is 18.2. The summed E-state index contributed by atoms with van der Waals surface area (Å²) in [5.41, 5.74) is 1.31. The zero-order valence-corrected chi connectivity index (χ0v) is 18.4. The lowest BCUT2D eigenvalue weighted by atomic mass is 10.0. The van der Waals surface area contributed by atoms with E-state index < -0.39 is 0 Å². The first-order valence-corrected chi connectivity index (χ1v) is 9.22. The van der Waals surface area contributed by atoms with Crippen LogP contribution in [0.25, 0.3) is 0 Å². The molecule has 1 atom stereocenters. The number of guanidine groups is 1. The summed E-state index contributed by atoms with van der Waals surface area (Å²) in [6, 6.07) is 0. The largest absolute Gasteiger partial charge is 0.469 e. The van der Waals surface area contributed by atoms with Gasteiger partial charge in [0.1, 0.15) is 0 Å². The first kappa shape index (κ1) is 22.7. The van der Waals surface area contributed by atoms with Crippen LogP contribution in [0.15, 0.2) is 17.4 Å². The SMILES string of the molecule is CCNC(=NCCCCCC(=O)OC)N1CCC(c2cnn(C)c2)C1.I. The van der Waals surface area contributed by atoms with Gasteiger partial charge in [0.2, 0.25) is 0 Å². The summed E-state index contributed by atoms with van der Waals surface area (Å²) < 4.78 is 6.52. The highest BCUT2D eigenvalue weighted by atomic mass is 127. The minimum atomic E-state index is -0.129. The summed E-state index contributed by atoms with van der Waals surface area (Å²) in [5, 5.41) is 7.68. The van der Waals surface area contributed by atoms with Crippen LogP contribution in [0.3, 0.4) is 0 Å². The fourth-order valence-corrected chi connectivity index (χ4v) is 3.15. The summed E-state index contributed by atoms with van der Waals surface area (Å²) in [5.74, 6) is 1.40. The molecule has 0 aliphatic carbocycles. The number of aryl methyl sites for hydroxylation is 1. The van der Waals surface area contributed by atoms with Crippen molar-refractivity contribution in [1.29, 1.82) is 0 Å². The van der Waals surface area contributed by atoms with Crippen molar-refractivity contribution >= 4 is 35.9 Å². The van der Waals surface area contributed by atoms with E-state index in [9.17, 15) is 4.79 Å². The third-order valence-corrected chi connectivity index (χ3v) is 4.55. The van der Waals surface area contributed by atoms with Crippen LogP contribution >= 0.6 is 24.0 Å². The molecule has 1 unspecified atom stereocenters. The molecule has 0 bridgehead atoms. The number of halogens is 1. The van der Waals surface area contributed by atoms with Crippen molar-refractivity contribution in [3.8, 4) is 0 Å². The number of rotatable bonds is 8. The molecule has 1 N–H and O–H groups in total. The minimum Gasteiger partial charge on any atom is -0.469 e. The highest BCUT2D eigenvalue weighted by Gasteiger charge is 2.26. The van der Waals surface area contributed by atoms with Gasteiger partial charge in [-0.1, -0.05) is 6.42 Å². The third-order valence-electron chi connectivity index (χ3n) is 4.55. The summed E-state index contributed by atoms with van der Waals surface area (Å²) in [6.07, 6.45) is 8.57. The molecule has 1 aliphatic heterocycles. The van der Waals surface area contributed by atoms with Gasteiger partial charge in [-0.25, -0.2) is 0 Å². The van der Waals surface area contributed by atoms with E-state index in [4.69, 9.17) is 4.99 Å². The van der Waals surface area contributed by atoms with Crippen molar-refractivity contribution in [1.82, 2.24) is 20.0 Å². The van der Waals surface area contributed by atoms with E-state index >= 15 is 0 Å². The molecule has 1 saturated heterocycles. The maximum absolute atomic E-state index is 11.1. The highest BCUT2D eigenvalue weighted by molar-refractivity contribution is 14.0. The van der Waals surface area contributed by atoms with Crippen molar-refractivity contribution in [2.24, 2.45) is 12.0 Å². The molecule has 1 aliphatic rings. The van der Waals surface area contributed by atoms with E-state index in [1.807, 2.05) is 17.9 Å². The number of hydrogen-bond acceptors (Lipinski definition) is 4. The zero-order valence-electron chi connectivity index (χ0n) is 16.1. The number of esters is 1. The van der Waals surface area contributed by atoms with Gasteiger partial charge >= 0.3 is 5.97 Å². The van der Waals surface area contributed by atoms with Gasteiger partial charge in [-0.05, 0) is 31.7 Å². The van der Waals surface area contributed by atoms with Crippen LogP contribution in [0.5, 0.6) is 0 Å². The fourth-order valence-electron chi connectivity index (χ4n) is 3.15. The number of methoxy groups -OCH3 is 1. The van der Waals surface area contributed by atoms with Crippen LogP contribution in [0.1, 0.15) is 50.5 Å².